The molecule has 0 spiro atoms. The van der Waals surface area contributed by atoms with Crippen LogP contribution in [0.1, 0.15) is 39.0 Å². The minimum Gasteiger partial charge on any atom is -0.373 e. The summed E-state index contributed by atoms with van der Waals surface area (Å²) in [6, 6.07) is 0. The number of hydrogen-bond donors (Lipinski definition) is 0. The van der Waals surface area contributed by atoms with Crippen molar-refractivity contribution in [3.05, 3.63) is 0 Å². The molecule has 0 radical (unpaired) electrons. The second-order valence-electron chi connectivity index (χ2n) is 3.86. The summed E-state index contributed by atoms with van der Waals surface area (Å²) in [5, 5.41) is 0. The molecule has 2 rings (SSSR count). The van der Waals surface area contributed by atoms with Gasteiger partial charge in [0.1, 0.15) is 0 Å². The van der Waals surface area contributed by atoms with Crippen LogP contribution in [-0.2, 0) is 9.47 Å². The molecule has 2 fully saturated rings. The second-order valence-corrected chi connectivity index (χ2v) is 3.86. The lowest BCUT2D eigenvalue weighted by molar-refractivity contribution is -0.192. The lowest BCUT2D eigenvalue weighted by Crippen LogP contribution is -2.44. The summed E-state index contributed by atoms with van der Waals surface area (Å²) in [4.78, 5) is 0. The molecule has 70 valence electrons. The molecule has 2 heteroatoms. The molecule has 0 bridgehead atoms. The maximum Gasteiger partial charge on any atom is 0.0841 e. The van der Waals surface area contributed by atoms with Crippen molar-refractivity contribution in [2.45, 2.75) is 57.3 Å². The summed E-state index contributed by atoms with van der Waals surface area (Å²) in [7, 11) is 0. The van der Waals surface area contributed by atoms with Crippen LogP contribution in [0.15, 0.2) is 0 Å². The van der Waals surface area contributed by atoms with Crippen LogP contribution < -0.4 is 0 Å². The molecule has 1 saturated carbocycles. The highest BCUT2D eigenvalue weighted by Crippen LogP contribution is 2.28. The predicted molar refractivity (Wildman–Crippen MR) is 47.2 cm³/mol. The van der Waals surface area contributed by atoms with Crippen LogP contribution in [0.25, 0.3) is 0 Å². The van der Waals surface area contributed by atoms with Gasteiger partial charge in [-0.25, -0.2) is 0 Å². The highest BCUT2D eigenvalue weighted by Gasteiger charge is 2.32. The highest BCUT2D eigenvalue weighted by molar-refractivity contribution is 4.81. The quantitative estimate of drug-likeness (QED) is 0.600. The van der Waals surface area contributed by atoms with Gasteiger partial charge in [0.25, 0.3) is 0 Å². The fraction of sp³-hybridized carbons (Fsp3) is 1.00. The minimum absolute atomic E-state index is 0.365. The van der Waals surface area contributed by atoms with Gasteiger partial charge in [0, 0.05) is 0 Å². The Morgan fingerprint density at radius 2 is 1.92 bits per heavy atom. The van der Waals surface area contributed by atoms with E-state index < -0.39 is 0 Å². The summed E-state index contributed by atoms with van der Waals surface area (Å²) >= 11 is 0. The topological polar surface area (TPSA) is 18.5 Å². The molecule has 2 aliphatic rings. The van der Waals surface area contributed by atoms with E-state index in [1.165, 1.54) is 25.7 Å². The fourth-order valence-electron chi connectivity index (χ4n) is 2.14. The minimum atomic E-state index is 0.365. The average Bonchev–Trinajstić information content (AvgIpc) is 2.17. The summed E-state index contributed by atoms with van der Waals surface area (Å²) in [6.07, 6.45) is 7.34. The maximum absolute atomic E-state index is 5.91. The van der Waals surface area contributed by atoms with E-state index in [-0.39, 0.29) is 0 Å². The van der Waals surface area contributed by atoms with Gasteiger partial charge < -0.3 is 9.47 Å². The van der Waals surface area contributed by atoms with Gasteiger partial charge in [-0.3, -0.25) is 0 Å². The highest BCUT2D eigenvalue weighted by atomic mass is 16.6. The van der Waals surface area contributed by atoms with Crippen LogP contribution in [0, 0.1) is 0 Å². The van der Waals surface area contributed by atoms with E-state index in [9.17, 15) is 0 Å². The van der Waals surface area contributed by atoms with Crippen molar-refractivity contribution in [3.8, 4) is 0 Å². The van der Waals surface area contributed by atoms with Crippen molar-refractivity contribution in [2.24, 2.45) is 0 Å². The molecule has 0 aromatic heterocycles. The Labute approximate surface area is 74.2 Å². The molecule has 3 atom stereocenters. The third-order valence-corrected chi connectivity index (χ3v) is 2.96. The molecule has 1 heterocycles. The van der Waals surface area contributed by atoms with E-state index in [4.69, 9.17) is 9.47 Å². The number of ether oxygens (including phenoxy) is 2. The molecule has 0 aromatic carbocycles. The van der Waals surface area contributed by atoms with Crippen LogP contribution >= 0.6 is 0 Å². The van der Waals surface area contributed by atoms with Crippen molar-refractivity contribution >= 4 is 0 Å². The summed E-state index contributed by atoms with van der Waals surface area (Å²) in [5.41, 5.74) is 0. The zero-order valence-corrected chi connectivity index (χ0v) is 7.79. The van der Waals surface area contributed by atoms with Crippen LogP contribution in [0.2, 0.25) is 0 Å². The molecule has 1 aliphatic carbocycles. The van der Waals surface area contributed by atoms with Gasteiger partial charge in [0.2, 0.25) is 0 Å². The van der Waals surface area contributed by atoms with Crippen molar-refractivity contribution in [1.82, 2.24) is 0 Å². The molecule has 12 heavy (non-hydrogen) atoms. The van der Waals surface area contributed by atoms with E-state index in [1.54, 1.807) is 0 Å². The summed E-state index contributed by atoms with van der Waals surface area (Å²) < 4.78 is 11.7. The lowest BCUT2D eigenvalue weighted by atomic mass is 9.93. The van der Waals surface area contributed by atoms with Crippen molar-refractivity contribution in [1.29, 1.82) is 0 Å². The van der Waals surface area contributed by atoms with E-state index in [0.29, 0.717) is 18.3 Å². The Morgan fingerprint density at radius 1 is 1.17 bits per heavy atom. The first-order valence-electron chi connectivity index (χ1n) is 5.17. The average molecular weight is 170 g/mol. The molecule has 2 unspecified atom stereocenters. The Kier molecular flexibility index (Phi) is 2.66. The van der Waals surface area contributed by atoms with E-state index in [2.05, 4.69) is 6.92 Å². The van der Waals surface area contributed by atoms with Gasteiger partial charge >= 0.3 is 0 Å². The molecule has 1 saturated heterocycles. The molecular formula is C10H18O2. The van der Waals surface area contributed by atoms with Gasteiger partial charge in [0.15, 0.2) is 0 Å². The van der Waals surface area contributed by atoms with Crippen LogP contribution in [0.4, 0.5) is 0 Å². The third kappa shape index (κ3) is 1.64. The van der Waals surface area contributed by atoms with Crippen LogP contribution in [0.3, 0.4) is 0 Å². The maximum atomic E-state index is 5.91. The smallest absolute Gasteiger partial charge is 0.0841 e. The van der Waals surface area contributed by atoms with Gasteiger partial charge in [-0.1, -0.05) is 19.8 Å². The standard InChI is InChI=1S/C10H18O2/c1-2-8-7-11-9-5-3-4-6-10(9)12-8/h8-10H,2-7H2,1H3/t8?,9-,10?/m1/s1. The normalized spacial score (nSPS) is 42.2. The summed E-state index contributed by atoms with van der Waals surface area (Å²) in [5.74, 6) is 0. The van der Waals surface area contributed by atoms with E-state index in [1.807, 2.05) is 0 Å². The number of fused-ring (bicyclic) bond motifs is 1. The van der Waals surface area contributed by atoms with Crippen molar-refractivity contribution in [2.75, 3.05) is 6.61 Å². The number of hydrogen-bond acceptors (Lipinski definition) is 2. The molecule has 0 N–H and O–H groups in total. The molecule has 0 aromatic rings. The Bertz CT molecular complexity index is 147. The first kappa shape index (κ1) is 8.52. The molecule has 2 nitrogen and oxygen atoms in total. The van der Waals surface area contributed by atoms with Gasteiger partial charge in [-0.15, -0.1) is 0 Å². The summed E-state index contributed by atoms with van der Waals surface area (Å²) in [6.45, 7) is 2.98. The second kappa shape index (κ2) is 3.75. The largest absolute Gasteiger partial charge is 0.373 e. The zero-order chi connectivity index (χ0) is 8.39. The Hall–Kier alpha value is -0.0800. The van der Waals surface area contributed by atoms with Crippen LogP contribution in [-0.4, -0.2) is 24.9 Å². The zero-order valence-electron chi connectivity index (χ0n) is 7.79. The molecule has 1 aliphatic heterocycles. The van der Waals surface area contributed by atoms with Crippen LogP contribution in [0.5, 0.6) is 0 Å². The van der Waals surface area contributed by atoms with E-state index in [0.717, 1.165) is 13.0 Å². The third-order valence-electron chi connectivity index (χ3n) is 2.96. The van der Waals surface area contributed by atoms with E-state index >= 15 is 0 Å². The fourth-order valence-corrected chi connectivity index (χ4v) is 2.14. The lowest BCUT2D eigenvalue weighted by Gasteiger charge is -2.39. The van der Waals surface area contributed by atoms with Gasteiger partial charge in [-0.2, -0.15) is 0 Å². The monoisotopic (exact) mass is 170 g/mol. The Balaban J connectivity index is 1.90. The van der Waals surface area contributed by atoms with Crippen molar-refractivity contribution in [3.63, 3.8) is 0 Å². The first-order valence-corrected chi connectivity index (χ1v) is 5.17. The van der Waals surface area contributed by atoms with Gasteiger partial charge in [0.05, 0.1) is 24.9 Å². The Morgan fingerprint density at radius 3 is 2.67 bits per heavy atom. The molecular weight excluding hydrogens is 152 g/mol. The number of rotatable bonds is 1. The van der Waals surface area contributed by atoms with Crippen molar-refractivity contribution < 1.29 is 9.47 Å². The van der Waals surface area contributed by atoms with Gasteiger partial charge in [-0.05, 0) is 19.3 Å². The SMILES string of the molecule is CCC1CO[C@@H]2CCCCC2O1. The first-order chi connectivity index (χ1) is 5.90. The molecule has 0 amide bonds. The predicted octanol–water partition coefficient (Wildman–Crippen LogP) is 2.12.